The van der Waals surface area contributed by atoms with Gasteiger partial charge in [0.1, 0.15) is 22.5 Å². The lowest BCUT2D eigenvalue weighted by molar-refractivity contribution is -0.116. The second-order valence-electron chi connectivity index (χ2n) is 8.44. The first-order valence-corrected chi connectivity index (χ1v) is 12.4. The van der Waals surface area contributed by atoms with Gasteiger partial charge in [-0.25, -0.2) is 9.59 Å². The number of anilines is 1. The van der Waals surface area contributed by atoms with Crippen molar-refractivity contribution in [3.8, 4) is 0 Å². The van der Waals surface area contributed by atoms with Gasteiger partial charge in [-0.05, 0) is 57.2 Å². The van der Waals surface area contributed by atoms with Crippen molar-refractivity contribution < 1.29 is 33.4 Å². The number of carbonyl (C=O) groups is 5. The highest BCUT2D eigenvalue weighted by Crippen LogP contribution is 2.35. The summed E-state index contributed by atoms with van der Waals surface area (Å²) < 4.78 is 10.8. The van der Waals surface area contributed by atoms with Crippen molar-refractivity contribution in [2.45, 2.75) is 52.1 Å². The molecule has 1 N–H and O–H groups in total. The molecule has 0 radical (unpaired) electrons. The summed E-state index contributed by atoms with van der Waals surface area (Å²) in [6.07, 6.45) is 4.52. The molecule has 10 heteroatoms. The summed E-state index contributed by atoms with van der Waals surface area (Å²) in [5.74, 6) is -3.05. The fourth-order valence-electron chi connectivity index (χ4n) is 4.33. The Morgan fingerprint density at radius 2 is 1.66 bits per heavy atom. The molecule has 2 aliphatic rings. The molecule has 1 aliphatic carbocycles. The topological polar surface area (TPSA) is 119 Å². The van der Waals surface area contributed by atoms with Crippen LogP contribution in [0.4, 0.5) is 5.00 Å². The van der Waals surface area contributed by atoms with Crippen LogP contribution in [0, 0.1) is 6.92 Å². The Kier molecular flexibility index (Phi) is 7.30. The zero-order valence-corrected chi connectivity index (χ0v) is 20.4. The van der Waals surface area contributed by atoms with E-state index < -0.39 is 36.2 Å². The number of nitrogens with one attached hydrogen (secondary N) is 1. The summed E-state index contributed by atoms with van der Waals surface area (Å²) in [5, 5.41) is 2.70. The molecule has 184 valence electrons. The molecule has 1 aromatic carbocycles. The van der Waals surface area contributed by atoms with Crippen molar-refractivity contribution in [3.05, 3.63) is 51.4 Å². The number of rotatable bonds is 7. The van der Waals surface area contributed by atoms with E-state index in [1.165, 1.54) is 12.1 Å². The number of hydrogen-bond acceptors (Lipinski definition) is 8. The van der Waals surface area contributed by atoms with Crippen LogP contribution in [0.2, 0.25) is 0 Å². The first-order valence-electron chi connectivity index (χ1n) is 11.6. The van der Waals surface area contributed by atoms with Crippen LogP contribution in [0.25, 0.3) is 0 Å². The van der Waals surface area contributed by atoms with E-state index in [4.69, 9.17) is 9.47 Å². The van der Waals surface area contributed by atoms with E-state index in [1.807, 2.05) is 0 Å². The molecule has 1 aliphatic heterocycles. The zero-order chi connectivity index (χ0) is 25.1. The highest BCUT2D eigenvalue weighted by Gasteiger charge is 2.37. The highest BCUT2D eigenvalue weighted by molar-refractivity contribution is 7.18. The lowest BCUT2D eigenvalue weighted by Gasteiger charge is -2.21. The molecule has 3 amide bonds. The first kappa shape index (κ1) is 24.6. The van der Waals surface area contributed by atoms with Gasteiger partial charge < -0.3 is 14.8 Å². The number of fused-ring (bicyclic) bond motifs is 1. The standard InChI is InChI=1S/C25H26N2O7S/c1-3-33-24(31)19-14(2)20(25(32)34-15-9-5-4-6-10-15)35-21(19)26-18(28)13-27-22(29)16-11-7-8-12-17(16)23(27)30/h7-8,11-12,15H,3-6,9-10,13H2,1-2H3,(H,26,28). The number of imide groups is 1. The van der Waals surface area contributed by atoms with Crippen molar-refractivity contribution >= 4 is 46.0 Å². The molecular formula is C25H26N2O7S. The van der Waals surface area contributed by atoms with Crippen molar-refractivity contribution in [2.75, 3.05) is 18.5 Å². The van der Waals surface area contributed by atoms with Gasteiger partial charge in [-0.3, -0.25) is 19.3 Å². The molecule has 4 rings (SSSR count). The van der Waals surface area contributed by atoms with E-state index in [9.17, 15) is 24.0 Å². The highest BCUT2D eigenvalue weighted by atomic mass is 32.1. The number of ether oxygens (including phenoxy) is 2. The summed E-state index contributed by atoms with van der Waals surface area (Å²) in [6.45, 7) is 2.82. The average molecular weight is 499 g/mol. The Morgan fingerprint density at radius 3 is 2.26 bits per heavy atom. The number of carbonyl (C=O) groups excluding carboxylic acids is 5. The monoisotopic (exact) mass is 498 g/mol. The third kappa shape index (κ3) is 4.97. The lowest BCUT2D eigenvalue weighted by atomic mass is 9.98. The smallest absolute Gasteiger partial charge is 0.348 e. The van der Waals surface area contributed by atoms with E-state index in [0.29, 0.717) is 5.56 Å². The Hall–Kier alpha value is -3.53. The SMILES string of the molecule is CCOC(=O)c1c(NC(=O)CN2C(=O)c3ccccc3C2=O)sc(C(=O)OC2CCCCC2)c1C. The van der Waals surface area contributed by atoms with Gasteiger partial charge in [0.05, 0.1) is 23.3 Å². The molecule has 2 heterocycles. The molecule has 0 atom stereocenters. The number of benzene rings is 1. The normalized spacial score (nSPS) is 15.7. The maximum atomic E-state index is 12.9. The third-order valence-electron chi connectivity index (χ3n) is 6.07. The molecule has 9 nitrogen and oxygen atoms in total. The van der Waals surface area contributed by atoms with E-state index in [2.05, 4.69) is 5.32 Å². The van der Waals surface area contributed by atoms with Crippen LogP contribution in [0.15, 0.2) is 24.3 Å². The van der Waals surface area contributed by atoms with Crippen LogP contribution < -0.4 is 5.32 Å². The Morgan fingerprint density at radius 1 is 1.03 bits per heavy atom. The number of amides is 3. The molecule has 0 bridgehead atoms. The van der Waals surface area contributed by atoms with E-state index in [-0.39, 0.29) is 39.3 Å². The largest absolute Gasteiger partial charge is 0.462 e. The molecular weight excluding hydrogens is 472 g/mol. The average Bonchev–Trinajstić information content (AvgIpc) is 3.29. The molecule has 1 aromatic heterocycles. The molecule has 2 aromatic rings. The van der Waals surface area contributed by atoms with Gasteiger partial charge in [0.25, 0.3) is 11.8 Å². The number of thiophene rings is 1. The maximum absolute atomic E-state index is 12.9. The Bertz CT molecular complexity index is 1160. The minimum Gasteiger partial charge on any atom is -0.462 e. The predicted octanol–water partition coefficient (Wildman–Crippen LogP) is 3.96. The molecule has 0 spiro atoms. The van der Waals surface area contributed by atoms with Crippen molar-refractivity contribution in [2.24, 2.45) is 0 Å². The van der Waals surface area contributed by atoms with Crippen LogP contribution in [0.1, 0.15) is 85.3 Å². The second-order valence-corrected chi connectivity index (χ2v) is 9.46. The summed E-state index contributed by atoms with van der Waals surface area (Å²) in [7, 11) is 0. The molecule has 35 heavy (non-hydrogen) atoms. The Balaban J connectivity index is 1.54. The van der Waals surface area contributed by atoms with Crippen LogP contribution in [-0.2, 0) is 14.3 Å². The van der Waals surface area contributed by atoms with Gasteiger partial charge in [-0.15, -0.1) is 11.3 Å². The lowest BCUT2D eigenvalue weighted by Crippen LogP contribution is -2.37. The van der Waals surface area contributed by atoms with Gasteiger partial charge in [0.15, 0.2) is 0 Å². The molecule has 1 saturated carbocycles. The van der Waals surface area contributed by atoms with Crippen LogP contribution in [-0.4, -0.2) is 53.8 Å². The van der Waals surface area contributed by atoms with Crippen LogP contribution in [0.5, 0.6) is 0 Å². The van der Waals surface area contributed by atoms with E-state index in [0.717, 1.165) is 48.3 Å². The number of hydrogen-bond donors (Lipinski definition) is 1. The van der Waals surface area contributed by atoms with Gasteiger partial charge >= 0.3 is 11.9 Å². The van der Waals surface area contributed by atoms with E-state index >= 15 is 0 Å². The minimum atomic E-state index is -0.686. The minimum absolute atomic E-state index is 0.0585. The Labute approximate surface area is 206 Å². The summed E-state index contributed by atoms with van der Waals surface area (Å²) >= 11 is 0.916. The fourth-order valence-corrected chi connectivity index (χ4v) is 5.42. The summed E-state index contributed by atoms with van der Waals surface area (Å²) in [6, 6.07) is 6.33. The number of nitrogens with zero attached hydrogens (tertiary/aromatic N) is 1. The molecule has 1 fully saturated rings. The fraction of sp³-hybridized carbons (Fsp3) is 0.400. The molecule has 0 unspecified atom stereocenters. The van der Waals surface area contributed by atoms with Gasteiger partial charge in [-0.1, -0.05) is 18.6 Å². The maximum Gasteiger partial charge on any atom is 0.348 e. The predicted molar refractivity (Wildman–Crippen MR) is 128 cm³/mol. The summed E-state index contributed by atoms with van der Waals surface area (Å²) in [4.78, 5) is 64.6. The van der Waals surface area contributed by atoms with Crippen LogP contribution in [0.3, 0.4) is 0 Å². The summed E-state index contributed by atoms with van der Waals surface area (Å²) in [5.41, 5.74) is 0.878. The first-order chi connectivity index (χ1) is 16.8. The molecule has 0 saturated heterocycles. The quantitative estimate of drug-likeness (QED) is 0.453. The third-order valence-corrected chi connectivity index (χ3v) is 7.26. The van der Waals surface area contributed by atoms with Gasteiger partial charge in [0.2, 0.25) is 5.91 Å². The second kappa shape index (κ2) is 10.4. The zero-order valence-electron chi connectivity index (χ0n) is 19.5. The van der Waals surface area contributed by atoms with Gasteiger partial charge in [-0.2, -0.15) is 0 Å². The van der Waals surface area contributed by atoms with Crippen molar-refractivity contribution in [3.63, 3.8) is 0 Å². The number of esters is 2. The van der Waals surface area contributed by atoms with Gasteiger partial charge in [0, 0.05) is 0 Å². The van der Waals surface area contributed by atoms with E-state index in [1.54, 1.807) is 26.0 Å². The van der Waals surface area contributed by atoms with Crippen molar-refractivity contribution in [1.82, 2.24) is 4.90 Å². The van der Waals surface area contributed by atoms with Crippen LogP contribution >= 0.6 is 11.3 Å². The van der Waals surface area contributed by atoms with Crippen molar-refractivity contribution in [1.29, 1.82) is 0 Å².